The first-order chi connectivity index (χ1) is 11.2. The molecule has 0 saturated carbocycles. The first-order valence-electron chi connectivity index (χ1n) is 7.16. The molecule has 24 heavy (non-hydrogen) atoms. The topological polar surface area (TPSA) is 127 Å². The number of halogens is 1. The average Bonchev–Trinajstić information content (AvgIpc) is 3.00. The Labute approximate surface area is 141 Å². The first-order valence-corrected chi connectivity index (χ1v) is 7.54. The maximum absolute atomic E-state index is 12.5. The van der Waals surface area contributed by atoms with Gasteiger partial charge in [0.15, 0.2) is 5.54 Å². The van der Waals surface area contributed by atoms with Gasteiger partial charge in [-0.15, -0.1) is 0 Å². The largest absolute Gasteiger partial charge is 0.508 e. The van der Waals surface area contributed by atoms with Crippen molar-refractivity contribution in [3.05, 3.63) is 28.8 Å². The fourth-order valence-corrected chi connectivity index (χ4v) is 3.78. The molecule has 4 N–H and O–H groups in total. The number of nitrogens with one attached hydrogen (secondary N) is 1. The molecule has 128 valence electrons. The number of rotatable bonds is 3. The summed E-state index contributed by atoms with van der Waals surface area (Å²) in [5.74, 6) is -5.22. The van der Waals surface area contributed by atoms with Gasteiger partial charge < -0.3 is 15.3 Å². The van der Waals surface area contributed by atoms with Crippen molar-refractivity contribution in [3.8, 4) is 5.75 Å². The van der Waals surface area contributed by atoms with Crippen LogP contribution >= 0.6 is 11.6 Å². The smallest absolute Gasteiger partial charge is 0.327 e. The Balaban J connectivity index is 2.19. The van der Waals surface area contributed by atoms with Crippen molar-refractivity contribution in [2.24, 2.45) is 11.8 Å². The van der Waals surface area contributed by atoms with Crippen molar-refractivity contribution in [2.75, 3.05) is 13.7 Å². The number of hydrogen-bond donors (Lipinski definition) is 4. The Bertz CT molecular complexity index is 753. The normalized spacial score (nSPS) is 32.3. The number of likely N-dealkylation sites (tertiary alicyclic amines) is 1. The molecular formula is C15H15ClN2O6. The van der Waals surface area contributed by atoms with Gasteiger partial charge in [0.2, 0.25) is 11.8 Å². The van der Waals surface area contributed by atoms with E-state index in [9.17, 15) is 29.7 Å². The molecule has 0 bridgehead atoms. The fraction of sp³-hybridized carbons (Fsp3) is 0.400. The van der Waals surface area contributed by atoms with Gasteiger partial charge in [-0.3, -0.25) is 24.6 Å². The molecular weight excluding hydrogens is 340 g/mol. The van der Waals surface area contributed by atoms with Crippen LogP contribution in [0, 0.1) is 11.8 Å². The number of aliphatic hydroxyl groups is 1. The third kappa shape index (κ3) is 2.03. The number of fused-ring (bicyclic) bond motifs is 1. The van der Waals surface area contributed by atoms with Gasteiger partial charge in [-0.1, -0.05) is 11.6 Å². The highest BCUT2D eigenvalue weighted by molar-refractivity contribution is 6.30. The summed E-state index contributed by atoms with van der Waals surface area (Å²) in [5, 5.41) is 32.4. The van der Waals surface area contributed by atoms with Crippen LogP contribution in [0.25, 0.3) is 0 Å². The summed E-state index contributed by atoms with van der Waals surface area (Å²) in [6.07, 6.45) is 0. The van der Waals surface area contributed by atoms with Gasteiger partial charge in [0.05, 0.1) is 18.4 Å². The molecule has 0 aromatic heterocycles. The molecule has 2 heterocycles. The predicted octanol–water partition coefficient (Wildman–Crippen LogP) is -0.263. The second kappa shape index (κ2) is 5.44. The number of carboxylic acid groups (broad SMARTS) is 1. The Kier molecular flexibility index (Phi) is 3.78. The van der Waals surface area contributed by atoms with Gasteiger partial charge in [0, 0.05) is 23.7 Å². The molecule has 0 aliphatic carbocycles. The zero-order valence-electron chi connectivity index (χ0n) is 12.6. The third-order valence-electron chi connectivity index (χ3n) is 4.83. The number of nitrogens with zero attached hydrogens (tertiary/aromatic N) is 1. The fourth-order valence-electron chi connectivity index (χ4n) is 3.60. The summed E-state index contributed by atoms with van der Waals surface area (Å²) in [6.45, 7) is -0.881. The van der Waals surface area contributed by atoms with Crippen molar-refractivity contribution in [1.82, 2.24) is 10.2 Å². The molecule has 4 unspecified atom stereocenters. The number of aliphatic carboxylic acids is 1. The van der Waals surface area contributed by atoms with Gasteiger partial charge >= 0.3 is 5.97 Å². The molecule has 2 aliphatic rings. The molecule has 1 aromatic rings. The number of carbonyl (C=O) groups is 3. The number of aromatic hydroxyl groups is 1. The molecule has 2 fully saturated rings. The van der Waals surface area contributed by atoms with E-state index >= 15 is 0 Å². The third-order valence-corrected chi connectivity index (χ3v) is 5.07. The van der Waals surface area contributed by atoms with Gasteiger partial charge in [-0.25, -0.2) is 0 Å². The minimum atomic E-state index is -2.01. The SMILES string of the molecule is CN1C(=O)C2C(c3cc(Cl)ccc3O)NC(CO)(C(=O)O)C2C1=O. The molecule has 0 radical (unpaired) electrons. The molecule has 2 amide bonds. The molecule has 2 aliphatic heterocycles. The van der Waals surface area contributed by atoms with E-state index in [4.69, 9.17) is 11.6 Å². The van der Waals surface area contributed by atoms with Crippen LogP contribution in [0.15, 0.2) is 18.2 Å². The van der Waals surface area contributed by atoms with Crippen molar-refractivity contribution < 1.29 is 29.7 Å². The summed E-state index contributed by atoms with van der Waals surface area (Å²) < 4.78 is 0. The van der Waals surface area contributed by atoms with Crippen LogP contribution in [0.5, 0.6) is 5.75 Å². The van der Waals surface area contributed by atoms with E-state index in [1.54, 1.807) is 0 Å². The van der Waals surface area contributed by atoms with Gasteiger partial charge in [0.25, 0.3) is 0 Å². The summed E-state index contributed by atoms with van der Waals surface area (Å²) >= 11 is 5.93. The number of hydrogen-bond acceptors (Lipinski definition) is 6. The monoisotopic (exact) mass is 354 g/mol. The van der Waals surface area contributed by atoms with Crippen molar-refractivity contribution >= 4 is 29.4 Å². The van der Waals surface area contributed by atoms with Crippen LogP contribution in [0.2, 0.25) is 5.02 Å². The van der Waals surface area contributed by atoms with E-state index < -0.39 is 47.8 Å². The quantitative estimate of drug-likeness (QED) is 0.550. The second-order valence-electron chi connectivity index (χ2n) is 6.00. The van der Waals surface area contributed by atoms with Crippen molar-refractivity contribution in [1.29, 1.82) is 0 Å². The van der Waals surface area contributed by atoms with Crippen molar-refractivity contribution in [3.63, 3.8) is 0 Å². The number of imide groups is 1. The first kappa shape index (κ1) is 16.7. The zero-order valence-corrected chi connectivity index (χ0v) is 13.3. The van der Waals surface area contributed by atoms with Gasteiger partial charge in [-0.05, 0) is 18.2 Å². The number of benzene rings is 1. The summed E-state index contributed by atoms with van der Waals surface area (Å²) in [4.78, 5) is 37.5. The number of phenols is 1. The Morgan fingerprint density at radius 3 is 2.62 bits per heavy atom. The number of aliphatic hydroxyl groups excluding tert-OH is 1. The van der Waals surface area contributed by atoms with E-state index in [-0.39, 0.29) is 16.3 Å². The average molecular weight is 355 g/mol. The number of carboxylic acids is 1. The Hall–Kier alpha value is -2.16. The van der Waals surface area contributed by atoms with Gasteiger partial charge in [-0.2, -0.15) is 0 Å². The second-order valence-corrected chi connectivity index (χ2v) is 6.44. The molecule has 4 atom stereocenters. The molecule has 3 rings (SSSR count). The lowest BCUT2D eigenvalue weighted by molar-refractivity contribution is -0.153. The highest BCUT2D eigenvalue weighted by Crippen LogP contribution is 2.50. The van der Waals surface area contributed by atoms with E-state index in [1.165, 1.54) is 25.2 Å². The van der Waals surface area contributed by atoms with E-state index in [0.717, 1.165) is 4.90 Å². The van der Waals surface area contributed by atoms with Crippen LogP contribution < -0.4 is 5.32 Å². The maximum Gasteiger partial charge on any atom is 0.327 e. The highest BCUT2D eigenvalue weighted by Gasteiger charge is 2.68. The van der Waals surface area contributed by atoms with Crippen molar-refractivity contribution in [2.45, 2.75) is 11.6 Å². The van der Waals surface area contributed by atoms with Crippen LogP contribution in [-0.2, 0) is 14.4 Å². The minimum Gasteiger partial charge on any atom is -0.508 e. The summed E-state index contributed by atoms with van der Waals surface area (Å²) in [7, 11) is 1.27. The Morgan fingerprint density at radius 2 is 2.04 bits per heavy atom. The molecule has 9 heteroatoms. The van der Waals surface area contributed by atoms with Crippen LogP contribution in [0.3, 0.4) is 0 Å². The Morgan fingerprint density at radius 1 is 1.38 bits per heavy atom. The maximum atomic E-state index is 12.5. The van der Waals surface area contributed by atoms with E-state index in [0.29, 0.717) is 0 Å². The molecule has 1 aromatic carbocycles. The van der Waals surface area contributed by atoms with Crippen LogP contribution in [-0.4, -0.2) is 57.2 Å². The molecule has 8 nitrogen and oxygen atoms in total. The van der Waals surface area contributed by atoms with E-state index in [1.807, 2.05) is 0 Å². The van der Waals surface area contributed by atoms with Gasteiger partial charge in [0.1, 0.15) is 5.75 Å². The zero-order chi connectivity index (χ0) is 17.8. The number of phenolic OH excluding ortho intramolecular Hbond substituents is 1. The molecule has 2 saturated heterocycles. The van der Waals surface area contributed by atoms with E-state index in [2.05, 4.69) is 5.32 Å². The lowest BCUT2D eigenvalue weighted by atomic mass is 9.79. The summed E-state index contributed by atoms with van der Waals surface area (Å²) in [6, 6.07) is 3.19. The number of amides is 2. The number of carbonyl (C=O) groups excluding carboxylic acids is 2. The minimum absolute atomic E-state index is 0.190. The standard InChI is InChI=1S/C15H15ClN2O6/c1-18-12(21)9-10(13(18)22)15(5-19,14(23)24)17-11(9)7-4-6(16)2-3-8(7)20/h2-4,9-11,17,19-20H,5H2,1H3,(H,23,24). The molecule has 0 spiro atoms. The predicted molar refractivity (Wildman–Crippen MR) is 81.2 cm³/mol. The highest BCUT2D eigenvalue weighted by atomic mass is 35.5. The summed E-state index contributed by atoms with van der Waals surface area (Å²) in [5.41, 5.74) is -1.81. The van der Waals surface area contributed by atoms with Crippen LogP contribution in [0.1, 0.15) is 11.6 Å². The lowest BCUT2D eigenvalue weighted by Crippen LogP contribution is -2.58. The van der Waals surface area contributed by atoms with Crippen LogP contribution in [0.4, 0.5) is 0 Å². The lowest BCUT2D eigenvalue weighted by Gasteiger charge is -2.28.